The molecule has 0 saturated carbocycles. The van der Waals surface area contributed by atoms with E-state index in [2.05, 4.69) is 20.4 Å². The zero-order chi connectivity index (χ0) is 21.6. The van der Waals surface area contributed by atoms with Crippen molar-refractivity contribution in [2.45, 2.75) is 52.0 Å². The number of hydrogen-bond donors (Lipinski definition) is 1. The van der Waals surface area contributed by atoms with Crippen LogP contribution in [0.25, 0.3) is 0 Å². The maximum Gasteiger partial charge on any atom is 0.226 e. The summed E-state index contributed by atoms with van der Waals surface area (Å²) < 4.78 is 23.7. The fraction of sp³-hybridized carbons (Fsp3) is 0.364. The van der Waals surface area contributed by atoms with E-state index >= 15 is 0 Å². The summed E-state index contributed by atoms with van der Waals surface area (Å²) in [5.74, 6) is 1.73. The Morgan fingerprint density at radius 1 is 1.17 bits per heavy atom. The van der Waals surface area contributed by atoms with E-state index in [1.807, 2.05) is 26.8 Å². The highest BCUT2D eigenvalue weighted by atomic mass is 19.1. The predicted molar refractivity (Wildman–Crippen MR) is 108 cm³/mol. The molecule has 30 heavy (non-hydrogen) atoms. The molecule has 0 radical (unpaired) electrons. The maximum absolute atomic E-state index is 12.9. The van der Waals surface area contributed by atoms with Gasteiger partial charge in [0.05, 0.1) is 0 Å². The maximum atomic E-state index is 12.9. The summed E-state index contributed by atoms with van der Waals surface area (Å²) >= 11 is 0. The molecule has 1 aromatic carbocycles. The minimum atomic E-state index is -0.326. The van der Waals surface area contributed by atoms with Crippen molar-refractivity contribution in [2.75, 3.05) is 0 Å². The molecule has 3 rings (SSSR count). The van der Waals surface area contributed by atoms with Gasteiger partial charge < -0.3 is 14.6 Å². The first-order valence-electron chi connectivity index (χ1n) is 9.78. The van der Waals surface area contributed by atoms with E-state index in [1.54, 1.807) is 12.3 Å². The smallest absolute Gasteiger partial charge is 0.226 e. The molecular formula is C22H25FN4O3. The zero-order valence-corrected chi connectivity index (χ0v) is 17.3. The third-order valence-electron chi connectivity index (χ3n) is 4.26. The first-order valence-corrected chi connectivity index (χ1v) is 9.78. The number of pyridine rings is 1. The molecule has 0 aliphatic heterocycles. The SMILES string of the molecule is CC(C)(C)c1noc(CCCC(=O)NCc2ccc(Oc3ccc(F)cc3)nc2)n1. The highest BCUT2D eigenvalue weighted by Gasteiger charge is 2.20. The number of halogens is 1. The molecule has 0 atom stereocenters. The van der Waals surface area contributed by atoms with Gasteiger partial charge in [0.25, 0.3) is 0 Å². The number of nitrogens with one attached hydrogen (secondary N) is 1. The van der Waals surface area contributed by atoms with Gasteiger partial charge in [-0.05, 0) is 36.2 Å². The van der Waals surface area contributed by atoms with Gasteiger partial charge in [-0.2, -0.15) is 4.98 Å². The average molecular weight is 412 g/mol. The van der Waals surface area contributed by atoms with Crippen molar-refractivity contribution >= 4 is 5.91 Å². The molecule has 0 aliphatic rings. The first kappa shape index (κ1) is 21.4. The summed E-state index contributed by atoms with van der Waals surface area (Å²) in [4.78, 5) is 20.6. The fourth-order valence-corrected chi connectivity index (χ4v) is 2.55. The van der Waals surface area contributed by atoms with Crippen LogP contribution in [-0.2, 0) is 23.2 Å². The molecule has 0 unspecified atom stereocenters. The lowest BCUT2D eigenvalue weighted by atomic mass is 9.96. The van der Waals surface area contributed by atoms with Gasteiger partial charge in [-0.15, -0.1) is 0 Å². The van der Waals surface area contributed by atoms with Gasteiger partial charge in [0.15, 0.2) is 5.82 Å². The van der Waals surface area contributed by atoms with E-state index < -0.39 is 0 Å². The lowest BCUT2D eigenvalue weighted by Gasteiger charge is -2.10. The van der Waals surface area contributed by atoms with Gasteiger partial charge >= 0.3 is 0 Å². The Kier molecular flexibility index (Phi) is 6.76. The largest absolute Gasteiger partial charge is 0.439 e. The van der Waals surface area contributed by atoms with Gasteiger partial charge in [0.2, 0.25) is 17.7 Å². The molecule has 0 spiro atoms. The van der Waals surface area contributed by atoms with Gasteiger partial charge in [-0.25, -0.2) is 9.37 Å². The van der Waals surface area contributed by atoms with Crippen LogP contribution in [0.1, 0.15) is 50.9 Å². The first-order chi connectivity index (χ1) is 14.3. The van der Waals surface area contributed by atoms with Crippen molar-refractivity contribution in [1.29, 1.82) is 0 Å². The molecule has 0 fully saturated rings. The third kappa shape index (κ3) is 6.37. The molecule has 158 valence electrons. The Labute approximate surface area is 174 Å². The van der Waals surface area contributed by atoms with Crippen LogP contribution in [0.2, 0.25) is 0 Å². The van der Waals surface area contributed by atoms with Gasteiger partial charge in [0.1, 0.15) is 11.6 Å². The fourth-order valence-electron chi connectivity index (χ4n) is 2.55. The molecule has 2 aromatic heterocycles. The lowest BCUT2D eigenvalue weighted by Crippen LogP contribution is -2.22. The average Bonchev–Trinajstić information content (AvgIpc) is 3.19. The Morgan fingerprint density at radius 3 is 2.57 bits per heavy atom. The van der Waals surface area contributed by atoms with Crippen molar-refractivity contribution < 1.29 is 18.4 Å². The number of carbonyl (C=O) groups excluding carboxylic acids is 1. The molecule has 8 heteroatoms. The number of amides is 1. The number of ether oxygens (including phenoxy) is 1. The second-order valence-corrected chi connectivity index (χ2v) is 7.95. The van der Waals surface area contributed by atoms with Gasteiger partial charge in [0, 0.05) is 37.1 Å². The molecule has 0 bridgehead atoms. The van der Waals surface area contributed by atoms with E-state index in [0.717, 1.165) is 5.56 Å². The van der Waals surface area contributed by atoms with Crippen LogP contribution < -0.4 is 10.1 Å². The zero-order valence-electron chi connectivity index (χ0n) is 17.3. The topological polar surface area (TPSA) is 90.1 Å². The minimum Gasteiger partial charge on any atom is -0.439 e. The number of rotatable bonds is 8. The summed E-state index contributed by atoms with van der Waals surface area (Å²) in [6, 6.07) is 9.22. The molecule has 1 amide bonds. The highest BCUT2D eigenvalue weighted by Crippen LogP contribution is 2.20. The van der Waals surface area contributed by atoms with E-state index in [0.29, 0.717) is 49.2 Å². The van der Waals surface area contributed by atoms with Crippen molar-refractivity contribution in [3.05, 3.63) is 65.7 Å². The van der Waals surface area contributed by atoms with Crippen molar-refractivity contribution in [2.24, 2.45) is 0 Å². The van der Waals surface area contributed by atoms with Crippen LogP contribution in [0.3, 0.4) is 0 Å². The normalized spacial score (nSPS) is 11.3. The van der Waals surface area contributed by atoms with Crippen molar-refractivity contribution in [1.82, 2.24) is 20.4 Å². The molecular weight excluding hydrogens is 387 g/mol. The summed E-state index contributed by atoms with van der Waals surface area (Å²) in [5, 5.41) is 6.84. The molecule has 3 aromatic rings. The third-order valence-corrected chi connectivity index (χ3v) is 4.26. The summed E-state index contributed by atoms with van der Waals surface area (Å²) in [6.07, 6.45) is 3.19. The number of carbonyl (C=O) groups is 1. The number of hydrogen-bond acceptors (Lipinski definition) is 6. The molecule has 2 heterocycles. The van der Waals surface area contributed by atoms with Gasteiger partial charge in [-0.3, -0.25) is 4.79 Å². The molecule has 1 N–H and O–H groups in total. The second kappa shape index (κ2) is 9.47. The number of aromatic nitrogens is 3. The Hall–Kier alpha value is -3.29. The summed E-state index contributed by atoms with van der Waals surface area (Å²) in [7, 11) is 0. The number of benzene rings is 1. The van der Waals surface area contributed by atoms with Crippen LogP contribution in [0.4, 0.5) is 4.39 Å². The second-order valence-electron chi connectivity index (χ2n) is 7.95. The monoisotopic (exact) mass is 412 g/mol. The van der Waals surface area contributed by atoms with Gasteiger partial charge in [-0.1, -0.05) is 32.0 Å². The highest BCUT2D eigenvalue weighted by molar-refractivity contribution is 5.75. The van der Waals surface area contributed by atoms with E-state index in [-0.39, 0.29) is 17.1 Å². The van der Waals surface area contributed by atoms with Crippen LogP contribution >= 0.6 is 0 Å². The lowest BCUT2D eigenvalue weighted by molar-refractivity contribution is -0.121. The van der Waals surface area contributed by atoms with Crippen molar-refractivity contribution in [3.8, 4) is 11.6 Å². The Bertz CT molecular complexity index is 963. The molecule has 7 nitrogen and oxygen atoms in total. The Balaban J connectivity index is 1.39. The van der Waals surface area contributed by atoms with E-state index in [9.17, 15) is 9.18 Å². The number of aryl methyl sites for hydroxylation is 1. The summed E-state index contributed by atoms with van der Waals surface area (Å²) in [6.45, 7) is 6.43. The van der Waals surface area contributed by atoms with Crippen molar-refractivity contribution in [3.63, 3.8) is 0 Å². The van der Waals surface area contributed by atoms with E-state index in [4.69, 9.17) is 9.26 Å². The van der Waals surface area contributed by atoms with E-state index in [1.165, 1.54) is 24.3 Å². The van der Waals surface area contributed by atoms with Crippen LogP contribution in [0.5, 0.6) is 11.6 Å². The quantitative estimate of drug-likeness (QED) is 0.592. The number of nitrogens with zero attached hydrogens (tertiary/aromatic N) is 3. The standard InChI is InChI=1S/C22H25FN4O3/c1-22(2,3)21-26-20(30-27-21)6-4-5-18(28)24-13-15-7-12-19(25-14-15)29-17-10-8-16(23)9-11-17/h7-12,14H,4-6,13H2,1-3H3,(H,24,28). The summed E-state index contributed by atoms with van der Waals surface area (Å²) in [5.41, 5.74) is 0.689. The predicted octanol–water partition coefficient (Wildman–Crippen LogP) is 4.33. The van der Waals surface area contributed by atoms with Crippen LogP contribution in [0.15, 0.2) is 47.1 Å². The van der Waals surface area contributed by atoms with Crippen LogP contribution in [-0.4, -0.2) is 21.0 Å². The van der Waals surface area contributed by atoms with Crippen LogP contribution in [0, 0.1) is 5.82 Å². The molecule has 0 saturated heterocycles. The Morgan fingerprint density at radius 2 is 1.93 bits per heavy atom. The molecule has 0 aliphatic carbocycles. The minimum absolute atomic E-state index is 0.0581.